The van der Waals surface area contributed by atoms with Crippen molar-refractivity contribution in [3.8, 4) is 5.75 Å². The average Bonchev–Trinajstić information content (AvgIpc) is 2.59. The summed E-state index contributed by atoms with van der Waals surface area (Å²) in [5, 5.41) is 3.22. The summed E-state index contributed by atoms with van der Waals surface area (Å²) in [5.41, 5.74) is 1.52. The molecular formula is C17H21ClN2O3S. The monoisotopic (exact) mass is 368 g/mol. The highest BCUT2D eigenvalue weighted by Crippen LogP contribution is 2.33. The molecule has 2 aromatic rings. The first-order valence-corrected chi connectivity index (χ1v) is 9.15. The SMILES string of the molecule is CCCOc1ccc(S(=O)(=O)N2CCNc3ccccc32)cc1.Cl. The first-order valence-electron chi connectivity index (χ1n) is 7.71. The van der Waals surface area contributed by atoms with Crippen LogP contribution in [-0.4, -0.2) is 28.1 Å². The van der Waals surface area contributed by atoms with E-state index in [-0.39, 0.29) is 17.3 Å². The first kappa shape index (κ1) is 18.4. The molecule has 5 nitrogen and oxygen atoms in total. The van der Waals surface area contributed by atoms with Crippen molar-refractivity contribution < 1.29 is 13.2 Å². The predicted molar refractivity (Wildman–Crippen MR) is 98.9 cm³/mol. The van der Waals surface area contributed by atoms with Crippen LogP contribution in [0.4, 0.5) is 11.4 Å². The van der Waals surface area contributed by atoms with E-state index >= 15 is 0 Å². The number of hydrogen-bond donors (Lipinski definition) is 1. The van der Waals surface area contributed by atoms with Crippen LogP contribution in [0.15, 0.2) is 53.4 Å². The molecular weight excluding hydrogens is 348 g/mol. The van der Waals surface area contributed by atoms with Crippen molar-refractivity contribution in [3.05, 3.63) is 48.5 Å². The zero-order chi connectivity index (χ0) is 16.3. The van der Waals surface area contributed by atoms with E-state index in [0.29, 0.717) is 31.1 Å². The molecule has 0 atom stereocenters. The maximum absolute atomic E-state index is 12.9. The lowest BCUT2D eigenvalue weighted by atomic mass is 10.2. The van der Waals surface area contributed by atoms with Crippen LogP contribution in [0, 0.1) is 0 Å². The average molecular weight is 369 g/mol. The molecule has 0 aliphatic carbocycles. The van der Waals surface area contributed by atoms with E-state index in [9.17, 15) is 8.42 Å². The minimum atomic E-state index is -3.57. The molecule has 130 valence electrons. The van der Waals surface area contributed by atoms with E-state index in [0.717, 1.165) is 12.1 Å². The quantitative estimate of drug-likeness (QED) is 0.877. The molecule has 0 amide bonds. The molecule has 0 radical (unpaired) electrons. The highest BCUT2D eigenvalue weighted by molar-refractivity contribution is 7.92. The molecule has 1 aliphatic heterocycles. The zero-order valence-electron chi connectivity index (χ0n) is 13.4. The Morgan fingerprint density at radius 1 is 1.12 bits per heavy atom. The molecule has 3 rings (SSSR count). The van der Waals surface area contributed by atoms with Crippen molar-refractivity contribution in [3.63, 3.8) is 0 Å². The topological polar surface area (TPSA) is 58.6 Å². The normalized spacial score (nSPS) is 13.5. The predicted octanol–water partition coefficient (Wildman–Crippen LogP) is 3.52. The summed E-state index contributed by atoms with van der Waals surface area (Å²) in [7, 11) is -3.57. The summed E-state index contributed by atoms with van der Waals surface area (Å²) in [6, 6.07) is 14.1. The number of para-hydroxylation sites is 2. The molecule has 0 bridgehead atoms. The summed E-state index contributed by atoms with van der Waals surface area (Å²) in [6.07, 6.45) is 0.914. The van der Waals surface area contributed by atoms with Gasteiger partial charge in [0.05, 0.1) is 29.4 Å². The van der Waals surface area contributed by atoms with Crippen molar-refractivity contribution in [2.24, 2.45) is 0 Å². The van der Waals surface area contributed by atoms with Gasteiger partial charge in [-0.25, -0.2) is 8.42 Å². The molecule has 0 aromatic heterocycles. The summed E-state index contributed by atoms with van der Waals surface area (Å²) >= 11 is 0. The van der Waals surface area contributed by atoms with Crippen LogP contribution in [0.5, 0.6) is 5.75 Å². The van der Waals surface area contributed by atoms with Crippen LogP contribution in [0.2, 0.25) is 0 Å². The molecule has 1 N–H and O–H groups in total. The smallest absolute Gasteiger partial charge is 0.264 e. The fourth-order valence-corrected chi connectivity index (χ4v) is 4.04. The molecule has 1 aliphatic rings. The first-order chi connectivity index (χ1) is 11.1. The standard InChI is InChI=1S/C17H20N2O3S.ClH/c1-2-13-22-14-7-9-15(10-8-14)23(20,21)19-12-11-18-16-5-3-4-6-17(16)19;/h3-10,18H,2,11-13H2,1H3;1H. The second-order valence-electron chi connectivity index (χ2n) is 5.34. The fourth-order valence-electron chi connectivity index (χ4n) is 2.56. The summed E-state index contributed by atoms with van der Waals surface area (Å²) in [5.74, 6) is 0.687. The number of anilines is 2. The van der Waals surface area contributed by atoms with Gasteiger partial charge in [0.15, 0.2) is 0 Å². The van der Waals surface area contributed by atoms with Gasteiger partial charge < -0.3 is 10.1 Å². The van der Waals surface area contributed by atoms with Crippen molar-refractivity contribution in [1.82, 2.24) is 0 Å². The number of sulfonamides is 1. The van der Waals surface area contributed by atoms with Gasteiger partial charge in [0.1, 0.15) is 5.75 Å². The van der Waals surface area contributed by atoms with Crippen LogP contribution in [0.1, 0.15) is 13.3 Å². The van der Waals surface area contributed by atoms with Crippen LogP contribution >= 0.6 is 12.4 Å². The van der Waals surface area contributed by atoms with Crippen molar-refractivity contribution in [2.75, 3.05) is 29.3 Å². The van der Waals surface area contributed by atoms with Gasteiger partial charge in [-0.05, 0) is 42.8 Å². The minimum absolute atomic E-state index is 0. The van der Waals surface area contributed by atoms with Crippen LogP contribution in [0.25, 0.3) is 0 Å². The lowest BCUT2D eigenvalue weighted by Gasteiger charge is -2.31. The number of fused-ring (bicyclic) bond motifs is 1. The number of ether oxygens (including phenoxy) is 1. The van der Waals surface area contributed by atoms with Gasteiger partial charge in [-0.3, -0.25) is 4.31 Å². The highest BCUT2D eigenvalue weighted by Gasteiger charge is 2.28. The fraction of sp³-hybridized carbons (Fsp3) is 0.294. The Kier molecular flexibility index (Phi) is 5.96. The zero-order valence-corrected chi connectivity index (χ0v) is 15.1. The van der Waals surface area contributed by atoms with E-state index in [2.05, 4.69) is 5.32 Å². The Balaban J connectivity index is 0.00000208. The molecule has 24 heavy (non-hydrogen) atoms. The molecule has 0 unspecified atom stereocenters. The number of nitrogens with one attached hydrogen (secondary N) is 1. The molecule has 0 spiro atoms. The van der Waals surface area contributed by atoms with Crippen molar-refractivity contribution >= 4 is 33.8 Å². The molecule has 0 saturated heterocycles. The van der Waals surface area contributed by atoms with Crippen molar-refractivity contribution in [1.29, 1.82) is 0 Å². The second kappa shape index (κ2) is 7.77. The summed E-state index contributed by atoms with van der Waals surface area (Å²) in [4.78, 5) is 0.276. The Morgan fingerprint density at radius 3 is 2.54 bits per heavy atom. The maximum atomic E-state index is 12.9. The molecule has 2 aromatic carbocycles. The van der Waals surface area contributed by atoms with E-state index in [1.54, 1.807) is 24.3 Å². The summed E-state index contributed by atoms with van der Waals surface area (Å²) in [6.45, 7) is 3.65. The van der Waals surface area contributed by atoms with E-state index in [1.807, 2.05) is 31.2 Å². The largest absolute Gasteiger partial charge is 0.494 e. The van der Waals surface area contributed by atoms with E-state index < -0.39 is 10.0 Å². The van der Waals surface area contributed by atoms with Gasteiger partial charge in [-0.2, -0.15) is 0 Å². The third kappa shape index (κ3) is 3.60. The lowest BCUT2D eigenvalue weighted by molar-refractivity contribution is 0.317. The van der Waals surface area contributed by atoms with Gasteiger partial charge in [-0.1, -0.05) is 19.1 Å². The Bertz CT molecular complexity index is 779. The van der Waals surface area contributed by atoms with Gasteiger partial charge in [0, 0.05) is 6.54 Å². The van der Waals surface area contributed by atoms with Gasteiger partial charge in [0.2, 0.25) is 0 Å². The highest BCUT2D eigenvalue weighted by atomic mass is 35.5. The van der Waals surface area contributed by atoms with Gasteiger partial charge in [-0.15, -0.1) is 12.4 Å². The van der Waals surface area contributed by atoms with E-state index in [4.69, 9.17) is 4.74 Å². The maximum Gasteiger partial charge on any atom is 0.264 e. The Morgan fingerprint density at radius 2 is 1.83 bits per heavy atom. The second-order valence-corrected chi connectivity index (χ2v) is 7.20. The number of rotatable bonds is 5. The van der Waals surface area contributed by atoms with E-state index in [1.165, 1.54) is 4.31 Å². The third-order valence-electron chi connectivity index (χ3n) is 3.69. The van der Waals surface area contributed by atoms with Crippen LogP contribution in [0.3, 0.4) is 0 Å². The molecule has 1 heterocycles. The molecule has 0 saturated carbocycles. The van der Waals surface area contributed by atoms with Crippen LogP contribution < -0.4 is 14.4 Å². The Hall–Kier alpha value is -1.92. The Labute approximate surface area is 149 Å². The lowest BCUT2D eigenvalue weighted by Crippen LogP contribution is -2.38. The van der Waals surface area contributed by atoms with Crippen molar-refractivity contribution in [2.45, 2.75) is 18.2 Å². The number of benzene rings is 2. The van der Waals surface area contributed by atoms with Crippen LogP contribution in [-0.2, 0) is 10.0 Å². The number of halogens is 1. The third-order valence-corrected chi connectivity index (χ3v) is 5.52. The van der Waals surface area contributed by atoms with Gasteiger partial charge >= 0.3 is 0 Å². The summed E-state index contributed by atoms with van der Waals surface area (Å²) < 4.78 is 32.8. The minimum Gasteiger partial charge on any atom is -0.494 e. The number of hydrogen-bond acceptors (Lipinski definition) is 4. The molecule has 0 fully saturated rings. The molecule has 7 heteroatoms. The van der Waals surface area contributed by atoms with Gasteiger partial charge in [0.25, 0.3) is 10.0 Å². The number of nitrogens with zero attached hydrogens (tertiary/aromatic N) is 1.